The lowest BCUT2D eigenvalue weighted by atomic mass is 10.1. The molecule has 0 aliphatic heterocycles. The van der Waals surface area contributed by atoms with Gasteiger partial charge in [0.2, 0.25) is 0 Å². The highest BCUT2D eigenvalue weighted by molar-refractivity contribution is 9.10. The summed E-state index contributed by atoms with van der Waals surface area (Å²) in [5, 5.41) is 9.84. The fraction of sp³-hybridized carbons (Fsp3) is 0.167. The quantitative estimate of drug-likeness (QED) is 0.937. The average molecular weight is 285 g/mol. The van der Waals surface area contributed by atoms with Gasteiger partial charge in [-0.2, -0.15) is 0 Å². The average Bonchev–Trinajstić information content (AvgIpc) is 2.78. The van der Waals surface area contributed by atoms with Crippen LogP contribution < -0.4 is 0 Å². The summed E-state index contributed by atoms with van der Waals surface area (Å²) >= 11 is 3.16. The number of furan rings is 1. The van der Waals surface area contributed by atoms with Crippen LogP contribution in [0.2, 0.25) is 0 Å². The Morgan fingerprint density at radius 2 is 2.12 bits per heavy atom. The maximum Gasteiger partial charge on any atom is 0.137 e. The van der Waals surface area contributed by atoms with Crippen LogP contribution in [0.5, 0.6) is 0 Å². The lowest BCUT2D eigenvalue weighted by Gasteiger charge is -2.09. The van der Waals surface area contributed by atoms with Gasteiger partial charge in [-0.05, 0) is 39.7 Å². The van der Waals surface area contributed by atoms with E-state index in [4.69, 9.17) is 4.42 Å². The van der Waals surface area contributed by atoms with Gasteiger partial charge in [0, 0.05) is 6.42 Å². The van der Waals surface area contributed by atoms with E-state index in [9.17, 15) is 9.50 Å². The Labute approximate surface area is 101 Å². The lowest BCUT2D eigenvalue weighted by Crippen LogP contribution is -2.01. The minimum absolute atomic E-state index is 0.311. The fourth-order valence-electron chi connectivity index (χ4n) is 1.50. The second-order valence-corrected chi connectivity index (χ2v) is 4.24. The summed E-state index contributed by atoms with van der Waals surface area (Å²) in [6.45, 7) is 0. The summed E-state index contributed by atoms with van der Waals surface area (Å²) in [4.78, 5) is 0. The largest absolute Gasteiger partial charge is 0.467 e. The minimum Gasteiger partial charge on any atom is -0.467 e. The number of hydrogen-bond acceptors (Lipinski definition) is 2. The Morgan fingerprint density at radius 3 is 2.81 bits per heavy atom. The molecule has 1 unspecified atom stereocenters. The van der Waals surface area contributed by atoms with Crippen molar-refractivity contribution in [2.24, 2.45) is 0 Å². The maximum absolute atomic E-state index is 13.2. The van der Waals surface area contributed by atoms with Crippen molar-refractivity contribution in [1.82, 2.24) is 0 Å². The van der Waals surface area contributed by atoms with Gasteiger partial charge in [-0.25, -0.2) is 4.39 Å². The highest BCUT2D eigenvalue weighted by atomic mass is 79.9. The molecule has 0 aliphatic rings. The molecule has 0 saturated carbocycles. The van der Waals surface area contributed by atoms with Gasteiger partial charge in [0.25, 0.3) is 0 Å². The van der Waals surface area contributed by atoms with Crippen molar-refractivity contribution in [1.29, 1.82) is 0 Å². The zero-order valence-corrected chi connectivity index (χ0v) is 9.95. The first-order valence-electron chi connectivity index (χ1n) is 4.83. The van der Waals surface area contributed by atoms with E-state index in [-0.39, 0.29) is 5.82 Å². The second-order valence-electron chi connectivity index (χ2n) is 3.45. The van der Waals surface area contributed by atoms with E-state index in [1.807, 2.05) is 0 Å². The number of halogens is 2. The molecular formula is C12H10BrFO2. The molecule has 0 spiro atoms. The molecule has 2 nitrogen and oxygen atoms in total. The molecule has 0 saturated heterocycles. The highest BCUT2D eigenvalue weighted by Crippen LogP contribution is 2.26. The maximum atomic E-state index is 13.2. The Kier molecular flexibility index (Phi) is 3.41. The third-order valence-corrected chi connectivity index (χ3v) is 3.20. The first-order chi connectivity index (χ1) is 7.68. The second kappa shape index (κ2) is 4.80. The Bertz CT molecular complexity index is 468. The van der Waals surface area contributed by atoms with E-state index in [1.165, 1.54) is 12.3 Å². The fourth-order valence-corrected chi connectivity index (χ4v) is 1.92. The minimum atomic E-state index is -0.756. The van der Waals surface area contributed by atoms with Crippen LogP contribution in [0.15, 0.2) is 45.5 Å². The van der Waals surface area contributed by atoms with Gasteiger partial charge in [0.05, 0.1) is 10.7 Å². The third kappa shape index (κ3) is 2.33. The van der Waals surface area contributed by atoms with Crippen molar-refractivity contribution >= 4 is 15.9 Å². The Hall–Kier alpha value is -1.13. The molecule has 0 amide bonds. The van der Waals surface area contributed by atoms with E-state index in [1.54, 1.807) is 24.3 Å². The molecule has 1 N–H and O–H groups in total. The smallest absolute Gasteiger partial charge is 0.137 e. The predicted octanol–water partition coefficient (Wildman–Crippen LogP) is 3.46. The van der Waals surface area contributed by atoms with Crippen molar-refractivity contribution in [2.45, 2.75) is 12.5 Å². The van der Waals surface area contributed by atoms with Crippen LogP contribution in [0.3, 0.4) is 0 Å². The van der Waals surface area contributed by atoms with Crippen LogP contribution in [0.25, 0.3) is 0 Å². The van der Waals surface area contributed by atoms with Gasteiger partial charge < -0.3 is 9.52 Å². The van der Waals surface area contributed by atoms with Crippen LogP contribution in [0.1, 0.15) is 17.4 Å². The van der Waals surface area contributed by atoms with Crippen LogP contribution in [0.4, 0.5) is 4.39 Å². The summed E-state index contributed by atoms with van der Waals surface area (Å²) < 4.78 is 18.7. The molecule has 1 aromatic heterocycles. The van der Waals surface area contributed by atoms with Gasteiger partial charge in [-0.15, -0.1) is 0 Å². The lowest BCUT2D eigenvalue weighted by molar-refractivity contribution is 0.150. The molecule has 0 aliphatic carbocycles. The van der Waals surface area contributed by atoms with Crippen molar-refractivity contribution in [3.05, 3.63) is 58.2 Å². The van der Waals surface area contributed by atoms with Crippen molar-refractivity contribution in [2.75, 3.05) is 0 Å². The van der Waals surface area contributed by atoms with E-state index < -0.39 is 6.10 Å². The van der Waals surface area contributed by atoms with Gasteiger partial charge in [0.15, 0.2) is 0 Å². The number of aliphatic hydroxyl groups is 1. The molecule has 0 bridgehead atoms. The summed E-state index contributed by atoms with van der Waals surface area (Å²) in [5.41, 5.74) is 0.712. The van der Waals surface area contributed by atoms with Gasteiger partial charge in [-0.1, -0.05) is 12.1 Å². The molecular weight excluding hydrogens is 275 g/mol. The highest BCUT2D eigenvalue weighted by Gasteiger charge is 2.14. The van der Waals surface area contributed by atoms with E-state index >= 15 is 0 Å². The Balaban J connectivity index is 2.18. The zero-order valence-electron chi connectivity index (χ0n) is 8.36. The van der Waals surface area contributed by atoms with Gasteiger partial charge in [-0.3, -0.25) is 0 Å². The molecule has 2 aromatic rings. The first kappa shape index (κ1) is 11.4. The normalized spacial score (nSPS) is 12.7. The number of benzene rings is 1. The van der Waals surface area contributed by atoms with Crippen molar-refractivity contribution in [3.63, 3.8) is 0 Å². The molecule has 4 heteroatoms. The molecule has 0 fully saturated rings. The van der Waals surface area contributed by atoms with Crippen LogP contribution in [-0.2, 0) is 6.42 Å². The zero-order chi connectivity index (χ0) is 11.5. The van der Waals surface area contributed by atoms with Gasteiger partial charge in [0.1, 0.15) is 17.7 Å². The monoisotopic (exact) mass is 284 g/mol. The number of hydrogen-bond donors (Lipinski definition) is 1. The molecule has 2 rings (SSSR count). The third-order valence-electron chi connectivity index (χ3n) is 2.32. The molecule has 0 radical (unpaired) electrons. The standard InChI is InChI=1S/C12H10BrFO2/c13-12-8(3-1-4-9(12)14)7-10(15)11-5-2-6-16-11/h1-6,10,15H,7H2. The predicted molar refractivity (Wildman–Crippen MR) is 61.5 cm³/mol. The molecule has 1 heterocycles. The molecule has 1 atom stereocenters. The summed E-state index contributed by atoms with van der Waals surface area (Å²) in [5.74, 6) is 0.153. The SMILES string of the molecule is OC(Cc1cccc(F)c1Br)c1ccco1. The first-order valence-corrected chi connectivity index (χ1v) is 5.62. The van der Waals surface area contributed by atoms with Crippen LogP contribution in [0, 0.1) is 5.82 Å². The molecule has 16 heavy (non-hydrogen) atoms. The van der Waals surface area contributed by atoms with E-state index in [2.05, 4.69) is 15.9 Å². The Morgan fingerprint density at radius 1 is 1.31 bits per heavy atom. The number of aliphatic hydroxyl groups excluding tert-OH is 1. The summed E-state index contributed by atoms with van der Waals surface area (Å²) in [6.07, 6.45) is 1.05. The van der Waals surface area contributed by atoms with E-state index in [0.717, 1.165) is 0 Å². The summed E-state index contributed by atoms with van der Waals surface area (Å²) in [6, 6.07) is 8.15. The van der Waals surface area contributed by atoms with Crippen LogP contribution >= 0.6 is 15.9 Å². The van der Waals surface area contributed by atoms with Crippen LogP contribution in [-0.4, -0.2) is 5.11 Å². The van der Waals surface area contributed by atoms with Crippen molar-refractivity contribution in [3.8, 4) is 0 Å². The summed E-state index contributed by atoms with van der Waals surface area (Å²) in [7, 11) is 0. The topological polar surface area (TPSA) is 33.4 Å². The number of rotatable bonds is 3. The van der Waals surface area contributed by atoms with E-state index in [0.29, 0.717) is 22.2 Å². The van der Waals surface area contributed by atoms with Crippen molar-refractivity contribution < 1.29 is 13.9 Å². The van der Waals surface area contributed by atoms with Gasteiger partial charge >= 0.3 is 0 Å². The molecule has 1 aromatic carbocycles. The molecule has 84 valence electrons.